The molecule has 202 valence electrons. The minimum Gasteiger partial charge on any atom is -0.405 e. The zero-order valence-electron chi connectivity index (χ0n) is 21.8. The van der Waals surface area contributed by atoms with Crippen LogP contribution in [0.3, 0.4) is 0 Å². The van der Waals surface area contributed by atoms with Gasteiger partial charge in [-0.25, -0.2) is 0 Å². The number of benzene rings is 1. The zero-order chi connectivity index (χ0) is 26.6. The number of hydrogen-bond donors (Lipinski definition) is 1. The lowest BCUT2D eigenvalue weighted by Crippen LogP contribution is -2.59. The van der Waals surface area contributed by atoms with Crippen molar-refractivity contribution in [3.05, 3.63) is 42.0 Å². The number of hydrogen-bond acceptors (Lipinski definition) is 3. The van der Waals surface area contributed by atoms with Gasteiger partial charge in [0.05, 0.1) is 0 Å². The average Bonchev–Trinajstić information content (AvgIpc) is 3.16. The molecule has 0 spiro atoms. The van der Waals surface area contributed by atoms with E-state index in [0.717, 1.165) is 38.5 Å². The highest BCUT2D eigenvalue weighted by Crippen LogP contribution is 2.65. The minimum atomic E-state index is -4.78. The van der Waals surface area contributed by atoms with Crippen molar-refractivity contribution >= 4 is 11.8 Å². The lowest BCUT2D eigenvalue weighted by atomic mass is 9.47. The molecule has 5 rings (SSSR count). The third kappa shape index (κ3) is 4.65. The fourth-order valence-electron chi connectivity index (χ4n) is 8.55. The van der Waals surface area contributed by atoms with Gasteiger partial charge in [0, 0.05) is 37.0 Å². The van der Waals surface area contributed by atoms with Gasteiger partial charge in [-0.2, -0.15) is 0 Å². The number of ether oxygens (including phenoxy) is 1. The summed E-state index contributed by atoms with van der Waals surface area (Å²) in [4.78, 5) is 27.2. The third-order valence-corrected chi connectivity index (χ3v) is 10.4. The fraction of sp³-hybridized carbons (Fsp3) is 0.655. The molecule has 3 fully saturated rings. The van der Waals surface area contributed by atoms with Crippen molar-refractivity contribution in [3.8, 4) is 5.75 Å². The number of halogens is 3. The zero-order valence-corrected chi connectivity index (χ0v) is 21.8. The summed E-state index contributed by atoms with van der Waals surface area (Å²) in [6, 6.07) is 6.17. The van der Waals surface area contributed by atoms with Gasteiger partial charge >= 0.3 is 6.36 Å². The second kappa shape index (κ2) is 9.35. The Bertz CT molecular complexity index is 1090. The fourth-order valence-corrected chi connectivity index (χ4v) is 8.55. The van der Waals surface area contributed by atoms with Crippen LogP contribution in [0.25, 0.3) is 0 Å². The number of nitrogens with one attached hydrogen (secondary N) is 1. The predicted octanol–water partition coefficient (Wildman–Crippen LogP) is 5.85. The van der Waals surface area contributed by atoms with E-state index >= 15 is 0 Å². The smallest absolute Gasteiger partial charge is 0.405 e. The Morgan fingerprint density at radius 2 is 1.86 bits per heavy atom. The van der Waals surface area contributed by atoms with E-state index < -0.39 is 6.36 Å². The van der Waals surface area contributed by atoms with Gasteiger partial charge in [0.2, 0.25) is 11.8 Å². The highest BCUT2D eigenvalue weighted by molar-refractivity contribution is 5.89. The second-order valence-electron chi connectivity index (χ2n) is 12.1. The third-order valence-electron chi connectivity index (χ3n) is 10.4. The number of alkyl halides is 3. The molecule has 8 heteroatoms. The van der Waals surface area contributed by atoms with E-state index in [0.29, 0.717) is 29.7 Å². The summed E-state index contributed by atoms with van der Waals surface area (Å²) in [5.41, 5.74) is 0.381. The molecule has 7 atom stereocenters. The van der Waals surface area contributed by atoms with Crippen LogP contribution in [0, 0.1) is 34.5 Å². The van der Waals surface area contributed by atoms with Crippen molar-refractivity contribution in [1.82, 2.24) is 10.2 Å². The topological polar surface area (TPSA) is 58.6 Å². The van der Waals surface area contributed by atoms with E-state index in [4.69, 9.17) is 0 Å². The van der Waals surface area contributed by atoms with Crippen molar-refractivity contribution in [3.63, 3.8) is 0 Å². The molecule has 0 bridgehead atoms. The first kappa shape index (κ1) is 26.1. The lowest BCUT2D eigenvalue weighted by molar-refractivity contribution is -0.274. The maximum absolute atomic E-state index is 13.0. The summed E-state index contributed by atoms with van der Waals surface area (Å²) in [5, 5.41) is 2.84. The van der Waals surface area contributed by atoms with Crippen molar-refractivity contribution in [2.75, 3.05) is 7.05 Å². The highest BCUT2D eigenvalue weighted by Gasteiger charge is 2.60. The molecule has 0 unspecified atom stereocenters. The van der Waals surface area contributed by atoms with Crippen molar-refractivity contribution in [1.29, 1.82) is 0 Å². The molecule has 37 heavy (non-hydrogen) atoms. The van der Waals surface area contributed by atoms with E-state index in [1.807, 2.05) is 11.9 Å². The Kier molecular flexibility index (Phi) is 6.60. The molecule has 1 heterocycles. The van der Waals surface area contributed by atoms with E-state index in [1.54, 1.807) is 12.1 Å². The average molecular weight is 519 g/mol. The van der Waals surface area contributed by atoms with Crippen molar-refractivity contribution < 1.29 is 27.5 Å². The van der Waals surface area contributed by atoms with Crippen LogP contribution in [0.2, 0.25) is 0 Å². The molecular formula is C29H37F3N2O3. The van der Waals surface area contributed by atoms with Crippen molar-refractivity contribution in [2.24, 2.45) is 34.5 Å². The van der Waals surface area contributed by atoms with Crippen LogP contribution >= 0.6 is 0 Å². The Balaban J connectivity index is 1.24. The lowest BCUT2D eigenvalue weighted by Gasteiger charge is -2.60. The van der Waals surface area contributed by atoms with Crippen LogP contribution in [0.15, 0.2) is 36.4 Å². The number of amides is 2. The van der Waals surface area contributed by atoms with E-state index in [2.05, 4.69) is 30.0 Å². The van der Waals surface area contributed by atoms with E-state index in [1.165, 1.54) is 18.2 Å². The number of carbonyl (C=O) groups excluding carboxylic acids is 2. The first-order valence-electron chi connectivity index (χ1n) is 13.5. The van der Waals surface area contributed by atoms with Gasteiger partial charge in [0.1, 0.15) is 5.75 Å². The molecule has 1 aliphatic heterocycles. The molecule has 2 amide bonds. The molecule has 4 aliphatic rings. The Hall–Kier alpha value is -2.51. The van der Waals surface area contributed by atoms with Gasteiger partial charge in [-0.1, -0.05) is 38.1 Å². The molecule has 3 aliphatic carbocycles. The highest BCUT2D eigenvalue weighted by atomic mass is 19.4. The van der Waals surface area contributed by atoms with Crippen LogP contribution in [-0.2, 0) is 16.1 Å². The maximum Gasteiger partial charge on any atom is 0.573 e. The van der Waals surface area contributed by atoms with E-state index in [-0.39, 0.29) is 46.9 Å². The number of rotatable bonds is 5. The van der Waals surface area contributed by atoms with Gasteiger partial charge in [0.15, 0.2) is 0 Å². The molecule has 1 aromatic carbocycles. The van der Waals surface area contributed by atoms with E-state index in [9.17, 15) is 22.8 Å². The van der Waals surface area contributed by atoms with Crippen LogP contribution in [0.5, 0.6) is 5.75 Å². The SMILES string of the molecule is CN1C(=O)C=C[C@]2(C)[C@H]3CC[C@]4(C)[C@@H](CC(=O)NCc5ccccc5OC(F)(F)F)CC[C@H]4[C@@H]3CC[C@@H]12. The predicted molar refractivity (Wildman–Crippen MR) is 133 cm³/mol. The summed E-state index contributed by atoms with van der Waals surface area (Å²) in [5.74, 6) is 1.63. The van der Waals surface area contributed by atoms with Gasteiger partial charge in [-0.15, -0.1) is 13.2 Å². The number of para-hydroxylation sites is 1. The summed E-state index contributed by atoms with van der Waals surface area (Å²) in [7, 11) is 1.93. The first-order chi connectivity index (χ1) is 17.4. The van der Waals surface area contributed by atoms with Crippen LogP contribution in [0.4, 0.5) is 13.2 Å². The Labute approximate surface area is 216 Å². The van der Waals surface area contributed by atoms with Crippen LogP contribution in [0.1, 0.15) is 64.4 Å². The standard InChI is InChI=1S/C29H37F3N2O3/c1-27-14-12-22-20(9-11-24-28(22,2)15-13-26(36)34(24)3)21(27)10-8-19(27)16-25(35)33-17-18-6-4-5-7-23(18)37-29(30,31)32/h4-7,13,15,19-22,24H,8-12,14,16-17H2,1-3H3,(H,33,35)/t19-,20+,21+,22+,24-,27-,28-/m1/s1. The summed E-state index contributed by atoms with van der Waals surface area (Å²) < 4.78 is 42.3. The number of likely N-dealkylation sites (N-methyl/N-ethyl adjacent to an activating group) is 1. The molecule has 3 saturated carbocycles. The molecule has 1 N–H and O–H groups in total. The number of nitrogens with zero attached hydrogens (tertiary/aromatic N) is 1. The number of carbonyl (C=O) groups is 2. The summed E-state index contributed by atoms with van der Waals surface area (Å²) >= 11 is 0. The number of fused-ring (bicyclic) bond motifs is 5. The van der Waals surface area contributed by atoms with Gasteiger partial charge in [-0.3, -0.25) is 9.59 Å². The summed E-state index contributed by atoms with van der Waals surface area (Å²) in [6.07, 6.45) is 5.95. The Morgan fingerprint density at radius 1 is 1.11 bits per heavy atom. The summed E-state index contributed by atoms with van der Waals surface area (Å²) in [6.45, 7) is 4.68. The molecule has 1 aromatic rings. The molecular weight excluding hydrogens is 481 g/mol. The van der Waals surface area contributed by atoms with Gasteiger partial charge in [-0.05, 0) is 79.8 Å². The molecule has 0 saturated heterocycles. The normalized spacial score (nSPS) is 37.0. The van der Waals surface area contributed by atoms with Crippen LogP contribution < -0.4 is 10.1 Å². The maximum atomic E-state index is 13.0. The Morgan fingerprint density at radius 3 is 2.62 bits per heavy atom. The van der Waals surface area contributed by atoms with Crippen molar-refractivity contribution in [2.45, 2.75) is 77.7 Å². The molecule has 5 nitrogen and oxygen atoms in total. The molecule has 0 radical (unpaired) electrons. The minimum absolute atomic E-state index is 0.000957. The largest absolute Gasteiger partial charge is 0.573 e. The molecule has 0 aromatic heterocycles. The second-order valence-corrected chi connectivity index (χ2v) is 12.1. The first-order valence-corrected chi connectivity index (χ1v) is 13.5. The van der Waals surface area contributed by atoms with Gasteiger partial charge < -0.3 is 15.0 Å². The van der Waals surface area contributed by atoms with Crippen LogP contribution in [-0.4, -0.2) is 36.2 Å². The monoisotopic (exact) mass is 518 g/mol. The van der Waals surface area contributed by atoms with Gasteiger partial charge in [0.25, 0.3) is 0 Å². The quantitative estimate of drug-likeness (QED) is 0.532.